The molecular formula is C19H19NOS2. The van der Waals surface area contributed by atoms with Crippen LogP contribution >= 0.6 is 22.7 Å². The standard InChI is InChI=1S/C19H19NOS2/c1-12-6-7-18(23-12)15-10-16(15)19(21)20-9-8-13-11-22-17-5-3-2-4-14(13)17/h2-7,11,15-16H,8-10H2,1H3,(H,20,21). The number of nitrogens with one attached hydrogen (secondary N) is 1. The van der Waals surface area contributed by atoms with E-state index in [1.807, 2.05) is 11.3 Å². The lowest BCUT2D eigenvalue weighted by Crippen LogP contribution is -2.27. The molecule has 2 heterocycles. The number of aryl methyl sites for hydroxylation is 1. The SMILES string of the molecule is Cc1ccc(C2CC2C(=O)NCCc2csc3ccccc23)s1. The smallest absolute Gasteiger partial charge is 0.223 e. The molecular weight excluding hydrogens is 322 g/mol. The van der Waals surface area contributed by atoms with Gasteiger partial charge in [0.2, 0.25) is 5.91 Å². The predicted octanol–water partition coefficient (Wildman–Crippen LogP) is 4.73. The fraction of sp³-hybridized carbons (Fsp3) is 0.316. The fourth-order valence-corrected chi connectivity index (χ4v) is 5.18. The summed E-state index contributed by atoms with van der Waals surface area (Å²) < 4.78 is 1.32. The Balaban J connectivity index is 1.31. The fourth-order valence-electron chi connectivity index (χ4n) is 3.13. The topological polar surface area (TPSA) is 29.1 Å². The van der Waals surface area contributed by atoms with Gasteiger partial charge in [-0.15, -0.1) is 22.7 Å². The van der Waals surface area contributed by atoms with Crippen LogP contribution in [0.15, 0.2) is 41.8 Å². The van der Waals surface area contributed by atoms with Crippen molar-refractivity contribution in [1.82, 2.24) is 5.32 Å². The van der Waals surface area contributed by atoms with E-state index in [0.29, 0.717) is 5.92 Å². The summed E-state index contributed by atoms with van der Waals surface area (Å²) in [6, 6.07) is 12.8. The molecule has 1 amide bonds. The van der Waals surface area contributed by atoms with Crippen molar-refractivity contribution >= 4 is 38.7 Å². The van der Waals surface area contributed by atoms with Crippen LogP contribution in [0.2, 0.25) is 0 Å². The molecule has 1 fully saturated rings. The zero-order chi connectivity index (χ0) is 15.8. The van der Waals surface area contributed by atoms with Crippen LogP contribution in [0.3, 0.4) is 0 Å². The molecule has 0 radical (unpaired) electrons. The summed E-state index contributed by atoms with van der Waals surface area (Å²) in [4.78, 5) is 15.0. The van der Waals surface area contributed by atoms with Gasteiger partial charge in [-0.2, -0.15) is 0 Å². The second-order valence-corrected chi connectivity index (χ2v) is 8.43. The van der Waals surface area contributed by atoms with Crippen molar-refractivity contribution < 1.29 is 4.79 Å². The lowest BCUT2D eigenvalue weighted by Gasteiger charge is -2.04. The van der Waals surface area contributed by atoms with E-state index in [2.05, 4.69) is 54.0 Å². The third kappa shape index (κ3) is 3.06. The average molecular weight is 342 g/mol. The zero-order valence-electron chi connectivity index (χ0n) is 13.0. The Bertz CT molecular complexity index is 848. The molecule has 2 nitrogen and oxygen atoms in total. The van der Waals surface area contributed by atoms with Crippen molar-refractivity contribution in [1.29, 1.82) is 0 Å². The predicted molar refractivity (Wildman–Crippen MR) is 98.4 cm³/mol. The first kappa shape index (κ1) is 14.9. The molecule has 0 bridgehead atoms. The number of carbonyl (C=O) groups excluding carboxylic acids is 1. The highest BCUT2D eigenvalue weighted by Crippen LogP contribution is 2.49. The normalized spacial score (nSPS) is 19.9. The van der Waals surface area contributed by atoms with Crippen LogP contribution < -0.4 is 5.32 Å². The van der Waals surface area contributed by atoms with Gasteiger partial charge in [0.05, 0.1) is 0 Å². The third-order valence-corrected chi connectivity index (χ3v) is 6.65. The van der Waals surface area contributed by atoms with Crippen LogP contribution in [0, 0.1) is 12.8 Å². The third-order valence-electron chi connectivity index (χ3n) is 4.51. The summed E-state index contributed by atoms with van der Waals surface area (Å²) >= 11 is 3.60. The average Bonchev–Trinajstić information content (AvgIpc) is 3.08. The van der Waals surface area contributed by atoms with Gasteiger partial charge in [0, 0.05) is 32.8 Å². The maximum absolute atomic E-state index is 12.3. The number of hydrogen-bond acceptors (Lipinski definition) is 3. The summed E-state index contributed by atoms with van der Waals surface area (Å²) in [7, 11) is 0. The number of carbonyl (C=O) groups is 1. The van der Waals surface area contributed by atoms with Gasteiger partial charge in [-0.25, -0.2) is 0 Å². The summed E-state index contributed by atoms with van der Waals surface area (Å²) in [6.07, 6.45) is 1.92. The molecule has 2 aromatic heterocycles. The van der Waals surface area contributed by atoms with Crippen molar-refractivity contribution in [3.8, 4) is 0 Å². The van der Waals surface area contributed by atoms with Gasteiger partial charge in [0.15, 0.2) is 0 Å². The van der Waals surface area contributed by atoms with Crippen LogP contribution in [-0.2, 0) is 11.2 Å². The second kappa shape index (κ2) is 6.10. The van der Waals surface area contributed by atoms with E-state index in [-0.39, 0.29) is 11.8 Å². The van der Waals surface area contributed by atoms with Gasteiger partial charge >= 0.3 is 0 Å². The molecule has 23 heavy (non-hydrogen) atoms. The van der Waals surface area contributed by atoms with Crippen LogP contribution in [0.1, 0.15) is 27.7 Å². The van der Waals surface area contributed by atoms with Crippen molar-refractivity contribution in [2.45, 2.75) is 25.7 Å². The van der Waals surface area contributed by atoms with E-state index in [1.165, 1.54) is 25.4 Å². The number of amides is 1. The molecule has 3 aromatic rings. The van der Waals surface area contributed by atoms with Gasteiger partial charge in [-0.3, -0.25) is 4.79 Å². The Morgan fingerprint density at radius 3 is 2.96 bits per heavy atom. The molecule has 1 aliphatic rings. The first-order chi connectivity index (χ1) is 11.2. The lowest BCUT2D eigenvalue weighted by atomic mass is 10.1. The Morgan fingerprint density at radius 1 is 1.26 bits per heavy atom. The zero-order valence-corrected chi connectivity index (χ0v) is 14.7. The molecule has 1 aromatic carbocycles. The molecule has 2 unspecified atom stereocenters. The van der Waals surface area contributed by atoms with Gasteiger partial charge in [-0.05, 0) is 54.3 Å². The molecule has 0 spiro atoms. The number of hydrogen-bond donors (Lipinski definition) is 1. The van der Waals surface area contributed by atoms with Gasteiger partial charge in [-0.1, -0.05) is 18.2 Å². The summed E-state index contributed by atoms with van der Waals surface area (Å²) in [5.41, 5.74) is 1.34. The molecule has 118 valence electrons. The largest absolute Gasteiger partial charge is 0.356 e. The van der Waals surface area contributed by atoms with E-state index in [4.69, 9.17) is 0 Å². The van der Waals surface area contributed by atoms with Crippen molar-refractivity contribution in [3.63, 3.8) is 0 Å². The minimum absolute atomic E-state index is 0.187. The molecule has 4 heteroatoms. The number of benzene rings is 1. The van der Waals surface area contributed by atoms with Crippen LogP contribution in [0.5, 0.6) is 0 Å². The highest BCUT2D eigenvalue weighted by atomic mass is 32.1. The molecule has 4 rings (SSSR count). The highest BCUT2D eigenvalue weighted by molar-refractivity contribution is 7.17. The Kier molecular flexibility index (Phi) is 3.95. The quantitative estimate of drug-likeness (QED) is 0.714. The minimum Gasteiger partial charge on any atom is -0.356 e. The molecule has 0 aliphatic heterocycles. The van der Waals surface area contributed by atoms with E-state index in [0.717, 1.165) is 19.4 Å². The summed E-state index contributed by atoms with van der Waals surface area (Å²) in [5, 5.41) is 6.66. The molecule has 2 atom stereocenters. The Labute approximate surface area is 144 Å². The van der Waals surface area contributed by atoms with Crippen LogP contribution in [0.4, 0.5) is 0 Å². The summed E-state index contributed by atoms with van der Waals surface area (Å²) in [5.74, 6) is 0.864. The van der Waals surface area contributed by atoms with Crippen molar-refractivity contribution in [2.75, 3.05) is 6.54 Å². The van der Waals surface area contributed by atoms with Gasteiger partial charge in [0.25, 0.3) is 0 Å². The first-order valence-electron chi connectivity index (χ1n) is 8.01. The number of fused-ring (bicyclic) bond motifs is 1. The molecule has 1 aliphatic carbocycles. The van der Waals surface area contributed by atoms with Crippen LogP contribution in [0.25, 0.3) is 10.1 Å². The van der Waals surface area contributed by atoms with Crippen molar-refractivity contribution in [2.24, 2.45) is 5.92 Å². The van der Waals surface area contributed by atoms with Crippen molar-refractivity contribution in [3.05, 3.63) is 57.1 Å². The first-order valence-corrected chi connectivity index (χ1v) is 9.71. The minimum atomic E-state index is 0.187. The Morgan fingerprint density at radius 2 is 2.13 bits per heavy atom. The van der Waals surface area contributed by atoms with E-state index in [9.17, 15) is 4.79 Å². The molecule has 0 saturated heterocycles. The van der Waals surface area contributed by atoms with Gasteiger partial charge in [0.1, 0.15) is 0 Å². The van der Waals surface area contributed by atoms with E-state index in [1.54, 1.807) is 11.3 Å². The van der Waals surface area contributed by atoms with E-state index < -0.39 is 0 Å². The monoisotopic (exact) mass is 341 g/mol. The number of thiophene rings is 2. The maximum atomic E-state index is 12.3. The molecule has 1 N–H and O–H groups in total. The summed E-state index contributed by atoms with van der Waals surface area (Å²) in [6.45, 7) is 2.85. The van der Waals surface area contributed by atoms with Gasteiger partial charge < -0.3 is 5.32 Å². The second-order valence-electron chi connectivity index (χ2n) is 6.20. The molecule has 1 saturated carbocycles. The highest BCUT2D eigenvalue weighted by Gasteiger charge is 2.44. The Hall–Kier alpha value is -1.65. The maximum Gasteiger partial charge on any atom is 0.223 e. The lowest BCUT2D eigenvalue weighted by molar-refractivity contribution is -0.122. The van der Waals surface area contributed by atoms with Crippen LogP contribution in [-0.4, -0.2) is 12.5 Å². The number of rotatable bonds is 5. The van der Waals surface area contributed by atoms with E-state index >= 15 is 0 Å².